The van der Waals surface area contributed by atoms with E-state index in [-0.39, 0.29) is 30.6 Å². The number of pyridine rings is 1. The number of nitrogens with zero attached hydrogens (tertiary/aromatic N) is 1. The summed E-state index contributed by atoms with van der Waals surface area (Å²) in [5.41, 5.74) is 0.373. The lowest BCUT2D eigenvalue weighted by Gasteiger charge is -2.33. The number of hydrogen-bond donors (Lipinski definition) is 5. The van der Waals surface area contributed by atoms with Gasteiger partial charge in [0, 0.05) is 39.1 Å². The van der Waals surface area contributed by atoms with Crippen LogP contribution < -0.4 is 16.0 Å². The lowest BCUT2D eigenvalue weighted by molar-refractivity contribution is -0.127. The smallest absolute Gasteiger partial charge is 0.253 e. The van der Waals surface area contributed by atoms with Gasteiger partial charge < -0.3 is 30.9 Å². The number of aromatic nitrogens is 1. The van der Waals surface area contributed by atoms with E-state index in [1.165, 1.54) is 26.4 Å². The molecule has 5 N–H and O–H groups in total. The van der Waals surface area contributed by atoms with E-state index >= 15 is 0 Å². The van der Waals surface area contributed by atoms with Crippen LogP contribution in [-0.2, 0) is 20.7 Å². The van der Waals surface area contributed by atoms with Gasteiger partial charge in [0.25, 0.3) is 5.91 Å². The molecule has 0 fully saturated rings. The van der Waals surface area contributed by atoms with Crippen LogP contribution in [0.4, 0.5) is 8.78 Å². The van der Waals surface area contributed by atoms with Crippen molar-refractivity contribution in [3.8, 4) is 0 Å². The summed E-state index contributed by atoms with van der Waals surface area (Å²) in [5.74, 6) is -3.32. The van der Waals surface area contributed by atoms with Crippen molar-refractivity contribution in [2.45, 2.75) is 89.1 Å². The molecule has 0 saturated heterocycles. The number of hydrogen-bond acceptors (Lipinski definition) is 7. The van der Waals surface area contributed by atoms with Gasteiger partial charge in [-0.3, -0.25) is 19.4 Å². The monoisotopic (exact) mass is 592 g/mol. The van der Waals surface area contributed by atoms with E-state index in [1.807, 2.05) is 6.92 Å². The number of unbranched alkanes of at least 4 members (excludes halogenated alkanes) is 3. The first kappa shape index (κ1) is 34.7. The summed E-state index contributed by atoms with van der Waals surface area (Å²) >= 11 is 0. The molecule has 0 spiro atoms. The van der Waals surface area contributed by atoms with Gasteiger partial charge in [-0.05, 0) is 49.1 Å². The second-order valence-corrected chi connectivity index (χ2v) is 10.3. The average molecular weight is 593 g/mol. The van der Waals surface area contributed by atoms with Crippen LogP contribution in [0.15, 0.2) is 42.7 Å². The van der Waals surface area contributed by atoms with E-state index in [4.69, 9.17) is 4.74 Å². The van der Waals surface area contributed by atoms with E-state index in [0.717, 1.165) is 31.4 Å². The van der Waals surface area contributed by atoms with Crippen molar-refractivity contribution < 1.29 is 38.1 Å². The zero-order valence-corrected chi connectivity index (χ0v) is 24.3. The molecule has 0 aliphatic heterocycles. The van der Waals surface area contributed by atoms with Gasteiger partial charge in [0.15, 0.2) is 0 Å². The second kappa shape index (κ2) is 18.1. The number of aliphatic hydroxyl groups is 2. The maximum atomic E-state index is 14.0. The number of halogens is 2. The van der Waals surface area contributed by atoms with Gasteiger partial charge >= 0.3 is 0 Å². The highest BCUT2D eigenvalue weighted by Crippen LogP contribution is 2.17. The lowest BCUT2D eigenvalue weighted by atomic mass is 9.92. The number of ether oxygens (including phenoxy) is 1. The minimum atomic E-state index is -1.68. The molecule has 0 radical (unpaired) electrons. The molecule has 12 heteroatoms. The molecule has 0 bridgehead atoms. The van der Waals surface area contributed by atoms with Crippen LogP contribution in [0.5, 0.6) is 0 Å². The Bertz CT molecular complexity index is 1120. The second-order valence-electron chi connectivity index (χ2n) is 10.3. The van der Waals surface area contributed by atoms with Crippen LogP contribution in [-0.4, -0.2) is 77.0 Å². The van der Waals surface area contributed by atoms with Crippen LogP contribution in [0.3, 0.4) is 0 Å². The molecule has 1 aromatic heterocycles. The molecule has 0 aliphatic rings. The standard InChI is InChI=1S/C30H42F2N4O6/c1-4-5-6-7-10-25(35-29(40)21-9-8-12-33-18-21)30(41)36-26(16-20-14-22(31)17-23(32)15-20)28(39)27(38)24(11-13-42-3)34-19(2)37/h8-9,12,14-15,17-18,24-28,38-39H,4-7,10-11,13,16H2,1-3H3,(H,34,37)(H,35,40)(H,36,41)/t24-,25-,26+,27-,28-/m1/s1. The van der Waals surface area contributed by atoms with Crippen LogP contribution in [0.2, 0.25) is 0 Å². The Kier molecular flexibility index (Phi) is 15.0. The molecule has 0 aliphatic carbocycles. The minimum absolute atomic E-state index is 0.121. The Balaban J connectivity index is 2.35. The summed E-state index contributed by atoms with van der Waals surface area (Å²) < 4.78 is 33.0. The van der Waals surface area contributed by atoms with Crippen LogP contribution >= 0.6 is 0 Å². The van der Waals surface area contributed by atoms with Crippen LogP contribution in [0.25, 0.3) is 0 Å². The first-order valence-corrected chi connectivity index (χ1v) is 14.1. The summed E-state index contributed by atoms with van der Waals surface area (Å²) in [6.45, 7) is 3.45. The summed E-state index contributed by atoms with van der Waals surface area (Å²) in [5, 5.41) is 30.3. The molecule has 10 nitrogen and oxygen atoms in total. The van der Waals surface area contributed by atoms with E-state index in [1.54, 1.807) is 12.1 Å². The Morgan fingerprint density at radius 2 is 1.64 bits per heavy atom. The van der Waals surface area contributed by atoms with Crippen molar-refractivity contribution in [2.24, 2.45) is 0 Å². The minimum Gasteiger partial charge on any atom is -0.388 e. The molecule has 42 heavy (non-hydrogen) atoms. The predicted molar refractivity (Wildman–Crippen MR) is 152 cm³/mol. The number of benzene rings is 1. The summed E-state index contributed by atoms with van der Waals surface area (Å²) in [7, 11) is 1.44. The Labute approximate surface area is 245 Å². The Morgan fingerprint density at radius 3 is 2.24 bits per heavy atom. The number of methoxy groups -OCH3 is 1. The van der Waals surface area contributed by atoms with Gasteiger partial charge in [-0.25, -0.2) is 8.78 Å². The summed E-state index contributed by atoms with van der Waals surface area (Å²) in [6.07, 6.45) is 3.16. The molecule has 0 saturated carbocycles. The van der Waals surface area contributed by atoms with Gasteiger partial charge in [-0.1, -0.05) is 32.6 Å². The van der Waals surface area contributed by atoms with E-state index in [9.17, 15) is 33.4 Å². The fourth-order valence-corrected chi connectivity index (χ4v) is 4.62. The third kappa shape index (κ3) is 11.8. The molecule has 5 atom stereocenters. The SMILES string of the molecule is CCCCCC[C@@H](NC(=O)c1cccnc1)C(=O)N[C@@H](Cc1cc(F)cc(F)c1)[C@@H](O)[C@H](O)[C@@H](CCOC)NC(C)=O. The maximum absolute atomic E-state index is 14.0. The molecular weight excluding hydrogens is 550 g/mol. The molecule has 0 unspecified atom stereocenters. The van der Waals surface area contributed by atoms with Crippen molar-refractivity contribution in [1.29, 1.82) is 0 Å². The van der Waals surface area contributed by atoms with Gasteiger partial charge in [0.1, 0.15) is 29.9 Å². The quantitative estimate of drug-likeness (QED) is 0.167. The summed E-state index contributed by atoms with van der Waals surface area (Å²) in [4.78, 5) is 42.2. The first-order chi connectivity index (χ1) is 20.0. The van der Waals surface area contributed by atoms with Crippen molar-refractivity contribution in [1.82, 2.24) is 20.9 Å². The topological polar surface area (TPSA) is 150 Å². The lowest BCUT2D eigenvalue weighted by Crippen LogP contribution is -2.59. The highest BCUT2D eigenvalue weighted by molar-refractivity contribution is 5.97. The number of carbonyl (C=O) groups excluding carboxylic acids is 3. The van der Waals surface area contributed by atoms with E-state index in [0.29, 0.717) is 18.9 Å². The van der Waals surface area contributed by atoms with Gasteiger partial charge in [0.2, 0.25) is 11.8 Å². The third-order valence-electron chi connectivity index (χ3n) is 6.79. The van der Waals surface area contributed by atoms with Gasteiger partial charge in [-0.15, -0.1) is 0 Å². The van der Waals surface area contributed by atoms with Crippen LogP contribution in [0.1, 0.15) is 68.3 Å². The molecule has 232 valence electrons. The Hall–Kier alpha value is -3.48. The van der Waals surface area contributed by atoms with E-state index in [2.05, 4.69) is 20.9 Å². The predicted octanol–water partition coefficient (Wildman–Crippen LogP) is 2.42. The number of carbonyl (C=O) groups is 3. The zero-order valence-electron chi connectivity index (χ0n) is 24.3. The van der Waals surface area contributed by atoms with Crippen LogP contribution in [0, 0.1) is 11.6 Å². The number of aliphatic hydroxyl groups excluding tert-OH is 2. The molecule has 1 aromatic carbocycles. The molecular formula is C30H42F2N4O6. The highest BCUT2D eigenvalue weighted by Gasteiger charge is 2.35. The number of nitrogens with one attached hydrogen (secondary N) is 3. The number of rotatable bonds is 18. The maximum Gasteiger partial charge on any atom is 0.253 e. The van der Waals surface area contributed by atoms with E-state index < -0.39 is 59.7 Å². The van der Waals surface area contributed by atoms with Crippen molar-refractivity contribution in [3.63, 3.8) is 0 Å². The Morgan fingerprint density at radius 1 is 0.952 bits per heavy atom. The third-order valence-corrected chi connectivity index (χ3v) is 6.79. The fraction of sp³-hybridized carbons (Fsp3) is 0.533. The summed E-state index contributed by atoms with van der Waals surface area (Å²) in [6, 6.07) is 2.75. The van der Waals surface area contributed by atoms with Crippen molar-refractivity contribution >= 4 is 17.7 Å². The van der Waals surface area contributed by atoms with Gasteiger partial charge in [-0.2, -0.15) is 0 Å². The van der Waals surface area contributed by atoms with Crippen molar-refractivity contribution in [2.75, 3.05) is 13.7 Å². The fourth-order valence-electron chi connectivity index (χ4n) is 4.62. The number of amides is 3. The highest BCUT2D eigenvalue weighted by atomic mass is 19.1. The zero-order chi connectivity index (χ0) is 31.1. The average Bonchev–Trinajstić information content (AvgIpc) is 2.95. The molecule has 2 rings (SSSR count). The van der Waals surface area contributed by atoms with Crippen molar-refractivity contribution in [3.05, 3.63) is 65.5 Å². The molecule has 1 heterocycles. The largest absolute Gasteiger partial charge is 0.388 e. The normalized spacial score (nSPS) is 14.7. The molecule has 3 amide bonds. The molecule has 2 aromatic rings. The first-order valence-electron chi connectivity index (χ1n) is 14.1. The van der Waals surface area contributed by atoms with Gasteiger partial charge in [0.05, 0.1) is 17.6 Å².